The third-order valence-corrected chi connectivity index (χ3v) is 3.88. The van der Waals surface area contributed by atoms with Gasteiger partial charge in [0.2, 0.25) is 0 Å². The fourth-order valence-corrected chi connectivity index (χ4v) is 2.36. The zero-order valence-electron chi connectivity index (χ0n) is 10.9. The Morgan fingerprint density at radius 3 is 2.26 bits per heavy atom. The van der Waals surface area contributed by atoms with E-state index in [1.54, 1.807) is 0 Å². The molecule has 0 saturated heterocycles. The van der Waals surface area contributed by atoms with Crippen molar-refractivity contribution in [1.82, 2.24) is 4.90 Å². The highest BCUT2D eigenvalue weighted by Gasteiger charge is 2.32. The van der Waals surface area contributed by atoms with Gasteiger partial charge >= 0.3 is 0 Å². The molecule has 4 heteroatoms. The lowest BCUT2D eigenvalue weighted by Gasteiger charge is -2.23. The lowest BCUT2D eigenvalue weighted by molar-refractivity contribution is 0.0740. The van der Waals surface area contributed by atoms with Crippen molar-refractivity contribution in [2.45, 2.75) is 25.7 Å². The van der Waals surface area contributed by atoms with Gasteiger partial charge in [0.05, 0.1) is 5.56 Å². The predicted octanol–water partition coefficient (Wildman–Crippen LogP) is 2.67. The summed E-state index contributed by atoms with van der Waals surface area (Å²) in [5, 5.41) is 0. The molecule has 2 saturated carbocycles. The zero-order valence-corrected chi connectivity index (χ0v) is 10.9. The van der Waals surface area contributed by atoms with E-state index in [-0.39, 0.29) is 11.6 Å². The smallest absolute Gasteiger partial charge is 0.255 e. The van der Waals surface area contributed by atoms with Crippen molar-refractivity contribution < 1.29 is 9.18 Å². The van der Waals surface area contributed by atoms with Crippen LogP contribution >= 0.6 is 0 Å². The second-order valence-electron chi connectivity index (χ2n) is 5.83. The standard InChI is InChI=1S/C15H19FN2O/c16-12-5-6-13(14(17)7-12)15(19)18(8-10-1-2-10)9-11-3-4-11/h5-7,10-11H,1-4,8-9,17H2. The molecule has 0 aromatic heterocycles. The molecule has 0 heterocycles. The quantitative estimate of drug-likeness (QED) is 0.829. The fraction of sp³-hybridized carbons (Fsp3) is 0.533. The molecule has 1 amide bonds. The summed E-state index contributed by atoms with van der Waals surface area (Å²) < 4.78 is 13.0. The first-order valence-corrected chi connectivity index (χ1v) is 6.98. The second kappa shape index (κ2) is 4.83. The molecule has 2 N–H and O–H groups in total. The van der Waals surface area contributed by atoms with E-state index in [9.17, 15) is 9.18 Å². The number of anilines is 1. The van der Waals surface area contributed by atoms with Gasteiger partial charge in [0.25, 0.3) is 5.91 Å². The number of amides is 1. The van der Waals surface area contributed by atoms with E-state index in [2.05, 4.69) is 0 Å². The normalized spacial score (nSPS) is 18.4. The minimum atomic E-state index is -0.398. The Morgan fingerprint density at radius 1 is 1.21 bits per heavy atom. The van der Waals surface area contributed by atoms with E-state index < -0.39 is 5.82 Å². The van der Waals surface area contributed by atoms with Gasteiger partial charge in [-0.2, -0.15) is 0 Å². The third kappa shape index (κ3) is 3.06. The number of hydrogen-bond acceptors (Lipinski definition) is 2. The molecule has 3 nitrogen and oxygen atoms in total. The lowest BCUT2D eigenvalue weighted by atomic mass is 10.1. The van der Waals surface area contributed by atoms with E-state index >= 15 is 0 Å². The first-order chi connectivity index (χ1) is 9.13. The van der Waals surface area contributed by atoms with Gasteiger partial charge < -0.3 is 10.6 Å². The molecular weight excluding hydrogens is 243 g/mol. The van der Waals surface area contributed by atoms with Crippen molar-refractivity contribution in [3.63, 3.8) is 0 Å². The largest absolute Gasteiger partial charge is 0.398 e. The van der Waals surface area contributed by atoms with Crippen LogP contribution in [0.25, 0.3) is 0 Å². The van der Waals surface area contributed by atoms with Crippen LogP contribution in [0.2, 0.25) is 0 Å². The number of nitrogen functional groups attached to an aromatic ring is 1. The average Bonchev–Trinajstić information content (AvgIpc) is 3.22. The van der Waals surface area contributed by atoms with Gasteiger partial charge in [-0.25, -0.2) is 4.39 Å². The molecule has 1 aromatic carbocycles. The molecule has 0 radical (unpaired) electrons. The maximum absolute atomic E-state index is 13.0. The van der Waals surface area contributed by atoms with Gasteiger partial charge in [-0.1, -0.05) is 0 Å². The number of rotatable bonds is 5. The van der Waals surface area contributed by atoms with E-state index in [1.165, 1.54) is 43.9 Å². The van der Waals surface area contributed by atoms with E-state index in [0.29, 0.717) is 17.4 Å². The molecule has 0 bridgehead atoms. The van der Waals surface area contributed by atoms with Crippen LogP contribution < -0.4 is 5.73 Å². The van der Waals surface area contributed by atoms with Crippen LogP contribution in [0, 0.1) is 17.7 Å². The number of nitrogens with two attached hydrogens (primary N) is 1. The van der Waals surface area contributed by atoms with Crippen molar-refractivity contribution in [2.24, 2.45) is 11.8 Å². The monoisotopic (exact) mass is 262 g/mol. The van der Waals surface area contributed by atoms with Crippen LogP contribution in [-0.2, 0) is 0 Å². The molecule has 2 aliphatic rings. The Bertz CT molecular complexity index is 481. The first kappa shape index (κ1) is 12.5. The van der Waals surface area contributed by atoms with Gasteiger partial charge in [-0.3, -0.25) is 4.79 Å². The fourth-order valence-electron chi connectivity index (χ4n) is 2.36. The lowest BCUT2D eigenvalue weighted by Crippen LogP contribution is -2.35. The number of halogens is 1. The van der Waals surface area contributed by atoms with Crippen LogP contribution in [0.4, 0.5) is 10.1 Å². The van der Waals surface area contributed by atoms with Crippen molar-refractivity contribution in [2.75, 3.05) is 18.8 Å². The molecule has 2 fully saturated rings. The molecular formula is C15H19FN2O. The summed E-state index contributed by atoms with van der Waals surface area (Å²) >= 11 is 0. The number of carbonyl (C=O) groups is 1. The predicted molar refractivity (Wildman–Crippen MR) is 72.2 cm³/mol. The van der Waals surface area contributed by atoms with Gasteiger partial charge in [0.1, 0.15) is 5.82 Å². The number of benzene rings is 1. The Kier molecular flexibility index (Phi) is 3.17. The minimum absolute atomic E-state index is 0.0451. The first-order valence-electron chi connectivity index (χ1n) is 6.98. The maximum Gasteiger partial charge on any atom is 0.255 e. The van der Waals surface area contributed by atoms with Crippen molar-refractivity contribution in [3.8, 4) is 0 Å². The van der Waals surface area contributed by atoms with Crippen molar-refractivity contribution in [3.05, 3.63) is 29.6 Å². The zero-order chi connectivity index (χ0) is 13.4. The molecule has 102 valence electrons. The number of carbonyl (C=O) groups excluding carboxylic acids is 1. The summed E-state index contributed by atoms with van der Waals surface area (Å²) in [6, 6.07) is 4.02. The van der Waals surface area contributed by atoms with E-state index in [1.807, 2.05) is 4.90 Å². The Hall–Kier alpha value is -1.58. The number of nitrogens with zero attached hydrogens (tertiary/aromatic N) is 1. The molecule has 1 aromatic rings. The Labute approximate surface area is 112 Å². The van der Waals surface area contributed by atoms with Gasteiger partial charge in [-0.05, 0) is 55.7 Å². The summed E-state index contributed by atoms with van der Waals surface area (Å²) in [6.07, 6.45) is 4.86. The van der Waals surface area contributed by atoms with Crippen molar-refractivity contribution >= 4 is 11.6 Å². The van der Waals surface area contributed by atoms with Crippen LogP contribution in [0.15, 0.2) is 18.2 Å². The van der Waals surface area contributed by atoms with Crippen LogP contribution in [0.1, 0.15) is 36.0 Å². The highest BCUT2D eigenvalue weighted by molar-refractivity contribution is 5.99. The van der Waals surface area contributed by atoms with Gasteiger partial charge in [-0.15, -0.1) is 0 Å². The van der Waals surface area contributed by atoms with Crippen molar-refractivity contribution in [1.29, 1.82) is 0 Å². The Morgan fingerprint density at radius 2 is 1.79 bits per heavy atom. The molecule has 0 unspecified atom stereocenters. The van der Waals surface area contributed by atoms with E-state index in [4.69, 9.17) is 5.73 Å². The molecule has 0 atom stereocenters. The summed E-state index contributed by atoms with van der Waals surface area (Å²) in [7, 11) is 0. The third-order valence-electron chi connectivity index (χ3n) is 3.88. The molecule has 0 aliphatic heterocycles. The Balaban J connectivity index is 1.76. The topological polar surface area (TPSA) is 46.3 Å². The van der Waals surface area contributed by atoms with E-state index in [0.717, 1.165) is 13.1 Å². The summed E-state index contributed by atoms with van der Waals surface area (Å²) in [5.41, 5.74) is 6.44. The molecule has 0 spiro atoms. The summed E-state index contributed by atoms with van der Waals surface area (Å²) in [5.74, 6) is 0.870. The summed E-state index contributed by atoms with van der Waals surface area (Å²) in [4.78, 5) is 14.4. The molecule has 2 aliphatic carbocycles. The van der Waals surface area contributed by atoms with Crippen LogP contribution in [0.3, 0.4) is 0 Å². The van der Waals surface area contributed by atoms with Crippen LogP contribution in [0.5, 0.6) is 0 Å². The molecule has 3 rings (SSSR count). The highest BCUT2D eigenvalue weighted by atomic mass is 19.1. The second-order valence-corrected chi connectivity index (χ2v) is 5.83. The average molecular weight is 262 g/mol. The minimum Gasteiger partial charge on any atom is -0.398 e. The SMILES string of the molecule is Nc1cc(F)ccc1C(=O)N(CC1CC1)CC1CC1. The van der Waals surface area contributed by atoms with Gasteiger partial charge in [0.15, 0.2) is 0 Å². The summed E-state index contributed by atoms with van der Waals surface area (Å²) in [6.45, 7) is 1.65. The molecule has 19 heavy (non-hydrogen) atoms. The highest BCUT2D eigenvalue weighted by Crippen LogP contribution is 2.34. The van der Waals surface area contributed by atoms with Gasteiger partial charge in [0, 0.05) is 18.8 Å². The van der Waals surface area contributed by atoms with Crippen LogP contribution in [-0.4, -0.2) is 23.9 Å². The number of hydrogen-bond donors (Lipinski definition) is 1. The maximum atomic E-state index is 13.0.